The fourth-order valence-electron chi connectivity index (χ4n) is 1.25. The molecule has 1 heterocycles. The van der Waals surface area contributed by atoms with Crippen LogP contribution >= 0.6 is 23.2 Å². The van der Waals surface area contributed by atoms with E-state index in [0.717, 1.165) is 17.2 Å². The van der Waals surface area contributed by atoms with E-state index < -0.39 is 0 Å². The maximum atomic E-state index is 10.5. The van der Waals surface area contributed by atoms with Crippen LogP contribution < -0.4 is 0 Å². The molecule has 2 rings (SSSR count). The van der Waals surface area contributed by atoms with Gasteiger partial charge in [-0.3, -0.25) is 4.79 Å². The number of aldehydes is 1. The minimum Gasteiger partial charge on any atom is -0.351 e. The average molecular weight is 214 g/mol. The van der Waals surface area contributed by atoms with Gasteiger partial charge in [0.1, 0.15) is 0 Å². The second kappa shape index (κ2) is 3.05. The van der Waals surface area contributed by atoms with Crippen LogP contribution in [0.4, 0.5) is 0 Å². The molecule has 0 saturated carbocycles. The van der Waals surface area contributed by atoms with Crippen LogP contribution in [0.1, 0.15) is 10.5 Å². The Bertz CT molecular complexity index is 476. The van der Waals surface area contributed by atoms with E-state index in [1.807, 2.05) is 0 Å². The van der Waals surface area contributed by atoms with Crippen molar-refractivity contribution in [2.24, 2.45) is 0 Å². The van der Waals surface area contributed by atoms with E-state index in [1.165, 1.54) is 0 Å². The van der Waals surface area contributed by atoms with Gasteiger partial charge < -0.3 is 4.98 Å². The lowest BCUT2D eigenvalue weighted by Crippen LogP contribution is -1.75. The molecule has 0 aliphatic heterocycles. The van der Waals surface area contributed by atoms with Gasteiger partial charge in [0, 0.05) is 10.4 Å². The zero-order chi connectivity index (χ0) is 9.42. The van der Waals surface area contributed by atoms with Crippen LogP contribution in [-0.2, 0) is 0 Å². The molecule has 0 spiro atoms. The highest BCUT2D eigenvalue weighted by molar-refractivity contribution is 6.38. The molecule has 1 N–H and O–H groups in total. The number of aromatic amines is 1. The largest absolute Gasteiger partial charge is 0.351 e. The maximum Gasteiger partial charge on any atom is 0.166 e. The molecule has 0 aliphatic rings. The molecular formula is C9H5Cl2NO. The van der Waals surface area contributed by atoms with Gasteiger partial charge in [0.05, 0.1) is 16.2 Å². The molecular weight excluding hydrogens is 209 g/mol. The molecule has 0 unspecified atom stereocenters. The van der Waals surface area contributed by atoms with Gasteiger partial charge in [-0.2, -0.15) is 0 Å². The van der Waals surface area contributed by atoms with Crippen LogP contribution in [0.3, 0.4) is 0 Å². The molecule has 2 nitrogen and oxygen atoms in total. The van der Waals surface area contributed by atoms with E-state index in [1.54, 1.807) is 18.2 Å². The Hall–Kier alpha value is -0.990. The Balaban J connectivity index is 2.82. The quantitative estimate of drug-likeness (QED) is 0.725. The third kappa shape index (κ3) is 1.43. The third-order valence-corrected chi connectivity index (χ3v) is 2.31. The molecule has 0 radical (unpaired) electrons. The van der Waals surface area contributed by atoms with Crippen molar-refractivity contribution >= 4 is 40.4 Å². The SMILES string of the molecule is O=Cc1cc2cc(Cl)cc(Cl)c2[nH]1. The molecule has 2 aromatic rings. The van der Waals surface area contributed by atoms with Crippen LogP contribution in [0.2, 0.25) is 10.0 Å². The zero-order valence-corrected chi connectivity index (χ0v) is 7.99. The zero-order valence-electron chi connectivity index (χ0n) is 6.47. The first-order valence-corrected chi connectivity index (χ1v) is 4.39. The number of nitrogens with one attached hydrogen (secondary N) is 1. The van der Waals surface area contributed by atoms with Gasteiger partial charge in [-0.05, 0) is 18.2 Å². The molecule has 0 bridgehead atoms. The van der Waals surface area contributed by atoms with Crippen LogP contribution in [-0.4, -0.2) is 11.3 Å². The van der Waals surface area contributed by atoms with Gasteiger partial charge in [-0.25, -0.2) is 0 Å². The third-order valence-electron chi connectivity index (χ3n) is 1.79. The van der Waals surface area contributed by atoms with Gasteiger partial charge in [-0.1, -0.05) is 23.2 Å². The molecule has 0 atom stereocenters. The van der Waals surface area contributed by atoms with E-state index in [4.69, 9.17) is 23.2 Å². The number of hydrogen-bond donors (Lipinski definition) is 1. The monoisotopic (exact) mass is 213 g/mol. The summed E-state index contributed by atoms with van der Waals surface area (Å²) >= 11 is 11.7. The fourth-order valence-corrected chi connectivity index (χ4v) is 1.81. The number of aromatic nitrogens is 1. The Morgan fingerprint density at radius 3 is 2.69 bits per heavy atom. The molecule has 0 fully saturated rings. The number of halogens is 2. The molecule has 0 saturated heterocycles. The van der Waals surface area contributed by atoms with Crippen molar-refractivity contribution in [1.29, 1.82) is 0 Å². The molecule has 4 heteroatoms. The molecule has 13 heavy (non-hydrogen) atoms. The summed E-state index contributed by atoms with van der Waals surface area (Å²) in [5.74, 6) is 0. The summed E-state index contributed by atoms with van der Waals surface area (Å²) in [5.41, 5.74) is 1.24. The summed E-state index contributed by atoms with van der Waals surface area (Å²) in [6.45, 7) is 0. The second-order valence-corrected chi connectivity index (χ2v) is 3.54. The predicted octanol–water partition coefficient (Wildman–Crippen LogP) is 3.29. The second-order valence-electron chi connectivity index (χ2n) is 2.69. The minimum atomic E-state index is 0.499. The van der Waals surface area contributed by atoms with Crippen molar-refractivity contribution in [3.63, 3.8) is 0 Å². The number of H-pyrrole nitrogens is 1. The first kappa shape index (κ1) is 8.60. The Morgan fingerprint density at radius 1 is 1.23 bits per heavy atom. The average Bonchev–Trinajstić information content (AvgIpc) is 2.47. The van der Waals surface area contributed by atoms with Gasteiger partial charge >= 0.3 is 0 Å². The van der Waals surface area contributed by atoms with E-state index in [-0.39, 0.29) is 0 Å². The first-order valence-electron chi connectivity index (χ1n) is 3.63. The van der Waals surface area contributed by atoms with E-state index >= 15 is 0 Å². The molecule has 1 aromatic carbocycles. The van der Waals surface area contributed by atoms with Gasteiger partial charge in [-0.15, -0.1) is 0 Å². The number of benzene rings is 1. The van der Waals surface area contributed by atoms with Crippen LogP contribution in [0.15, 0.2) is 18.2 Å². The highest BCUT2D eigenvalue weighted by Crippen LogP contribution is 2.27. The Kier molecular flexibility index (Phi) is 2.02. The fraction of sp³-hybridized carbons (Fsp3) is 0. The minimum absolute atomic E-state index is 0.499. The maximum absolute atomic E-state index is 10.5. The van der Waals surface area contributed by atoms with E-state index in [2.05, 4.69) is 4.98 Å². The molecule has 66 valence electrons. The van der Waals surface area contributed by atoms with Crippen molar-refractivity contribution in [2.75, 3.05) is 0 Å². The van der Waals surface area contributed by atoms with Crippen molar-refractivity contribution in [3.05, 3.63) is 33.9 Å². The molecule has 0 amide bonds. The smallest absolute Gasteiger partial charge is 0.166 e. The summed E-state index contributed by atoms with van der Waals surface area (Å²) < 4.78 is 0. The number of fused-ring (bicyclic) bond motifs is 1. The summed E-state index contributed by atoms with van der Waals surface area (Å²) in [4.78, 5) is 13.3. The van der Waals surface area contributed by atoms with Gasteiger partial charge in [0.2, 0.25) is 0 Å². The van der Waals surface area contributed by atoms with Crippen molar-refractivity contribution < 1.29 is 4.79 Å². The van der Waals surface area contributed by atoms with Gasteiger partial charge in [0.25, 0.3) is 0 Å². The van der Waals surface area contributed by atoms with E-state index in [0.29, 0.717) is 15.7 Å². The van der Waals surface area contributed by atoms with Crippen molar-refractivity contribution in [3.8, 4) is 0 Å². The number of carbonyl (C=O) groups is 1. The number of carbonyl (C=O) groups excluding carboxylic acids is 1. The summed E-state index contributed by atoms with van der Waals surface area (Å²) in [6.07, 6.45) is 0.740. The normalized spacial score (nSPS) is 10.6. The van der Waals surface area contributed by atoms with E-state index in [9.17, 15) is 4.79 Å². The van der Waals surface area contributed by atoms with Crippen molar-refractivity contribution in [1.82, 2.24) is 4.98 Å². The summed E-state index contributed by atoms with van der Waals surface area (Å²) in [6, 6.07) is 5.10. The molecule has 1 aromatic heterocycles. The predicted molar refractivity (Wildman–Crippen MR) is 53.7 cm³/mol. The lowest BCUT2D eigenvalue weighted by molar-refractivity contribution is 0.112. The lowest BCUT2D eigenvalue weighted by Gasteiger charge is -1.94. The highest BCUT2D eigenvalue weighted by atomic mass is 35.5. The lowest BCUT2D eigenvalue weighted by atomic mass is 10.2. The highest BCUT2D eigenvalue weighted by Gasteiger charge is 2.04. The van der Waals surface area contributed by atoms with Gasteiger partial charge in [0.15, 0.2) is 6.29 Å². The van der Waals surface area contributed by atoms with Crippen molar-refractivity contribution in [2.45, 2.75) is 0 Å². The summed E-state index contributed by atoms with van der Waals surface area (Å²) in [7, 11) is 0. The van der Waals surface area contributed by atoms with Crippen LogP contribution in [0.25, 0.3) is 10.9 Å². The number of rotatable bonds is 1. The summed E-state index contributed by atoms with van der Waals surface area (Å²) in [5, 5.41) is 1.93. The standard InChI is InChI=1S/C9H5Cl2NO/c10-6-1-5-2-7(4-13)12-9(5)8(11)3-6/h1-4,12H. The van der Waals surface area contributed by atoms with Crippen LogP contribution in [0, 0.1) is 0 Å². The Morgan fingerprint density at radius 2 is 2.00 bits per heavy atom. The Labute approximate surface area is 84.5 Å². The van der Waals surface area contributed by atoms with Crippen LogP contribution in [0.5, 0.6) is 0 Å². The molecule has 0 aliphatic carbocycles. The first-order chi connectivity index (χ1) is 6.20. The number of hydrogen-bond acceptors (Lipinski definition) is 1. The topological polar surface area (TPSA) is 32.9 Å².